The smallest absolute Gasteiger partial charge is 0.157 e. The van der Waals surface area contributed by atoms with Crippen LogP contribution in [0.3, 0.4) is 0 Å². The molecule has 0 spiro atoms. The fourth-order valence-corrected chi connectivity index (χ4v) is 2.39. The lowest BCUT2D eigenvalue weighted by molar-refractivity contribution is 0.813. The fraction of sp³-hybridized carbons (Fsp3) is 0.889. The molecule has 12 heavy (non-hydrogen) atoms. The third-order valence-electron chi connectivity index (χ3n) is 2.59. The molecule has 68 valence electrons. The molecule has 2 nitrogen and oxygen atoms in total. The summed E-state index contributed by atoms with van der Waals surface area (Å²) >= 11 is 1.92. The van der Waals surface area contributed by atoms with E-state index in [0.29, 0.717) is 0 Å². The average molecular weight is 184 g/mol. The van der Waals surface area contributed by atoms with E-state index in [9.17, 15) is 0 Å². The lowest BCUT2D eigenvalue weighted by Gasteiger charge is -2.05. The van der Waals surface area contributed by atoms with Crippen molar-refractivity contribution in [2.24, 2.45) is 10.9 Å². The van der Waals surface area contributed by atoms with E-state index in [-0.39, 0.29) is 0 Å². The third kappa shape index (κ3) is 1.76. The van der Waals surface area contributed by atoms with Gasteiger partial charge in [0.05, 0.1) is 6.54 Å². The zero-order valence-electron chi connectivity index (χ0n) is 7.71. The van der Waals surface area contributed by atoms with Crippen molar-refractivity contribution in [2.75, 3.05) is 6.54 Å². The second-order valence-corrected chi connectivity index (χ2v) is 5.05. The molecule has 1 aliphatic carbocycles. The molecule has 2 aliphatic rings. The van der Waals surface area contributed by atoms with Crippen molar-refractivity contribution in [3.05, 3.63) is 0 Å². The third-order valence-corrected chi connectivity index (χ3v) is 3.88. The van der Waals surface area contributed by atoms with E-state index in [1.54, 1.807) is 0 Å². The first kappa shape index (κ1) is 8.42. The van der Waals surface area contributed by atoms with Crippen LogP contribution >= 0.6 is 11.8 Å². The van der Waals surface area contributed by atoms with Gasteiger partial charge in [-0.2, -0.15) is 0 Å². The summed E-state index contributed by atoms with van der Waals surface area (Å²) in [6.45, 7) is 5.54. The van der Waals surface area contributed by atoms with Gasteiger partial charge in [-0.15, -0.1) is 0 Å². The lowest BCUT2D eigenvalue weighted by Crippen LogP contribution is -2.22. The Balaban J connectivity index is 1.76. The number of nitrogens with one attached hydrogen (secondary N) is 1. The van der Waals surface area contributed by atoms with E-state index in [2.05, 4.69) is 24.2 Å². The van der Waals surface area contributed by atoms with Crippen LogP contribution in [0.25, 0.3) is 0 Å². The maximum absolute atomic E-state index is 4.47. The van der Waals surface area contributed by atoms with Crippen LogP contribution in [0.4, 0.5) is 0 Å². The largest absolute Gasteiger partial charge is 0.362 e. The average Bonchev–Trinajstić information content (AvgIpc) is 2.61. The summed E-state index contributed by atoms with van der Waals surface area (Å²) in [4.78, 5) is 4.47. The van der Waals surface area contributed by atoms with Crippen LogP contribution in [0.15, 0.2) is 4.99 Å². The summed E-state index contributed by atoms with van der Waals surface area (Å²) in [5, 5.41) is 5.41. The van der Waals surface area contributed by atoms with Gasteiger partial charge in [-0.1, -0.05) is 25.6 Å². The Labute approximate surface area is 78.2 Å². The van der Waals surface area contributed by atoms with E-state index in [0.717, 1.165) is 23.8 Å². The molecule has 3 unspecified atom stereocenters. The Morgan fingerprint density at radius 2 is 2.42 bits per heavy atom. The number of hydrogen-bond donors (Lipinski definition) is 1. The molecule has 0 saturated heterocycles. The lowest BCUT2D eigenvalue weighted by atomic mass is 10.3. The van der Waals surface area contributed by atoms with Gasteiger partial charge in [0.2, 0.25) is 0 Å². The predicted molar refractivity (Wildman–Crippen MR) is 54.7 cm³/mol. The van der Waals surface area contributed by atoms with Crippen LogP contribution in [0, 0.1) is 5.92 Å². The Morgan fingerprint density at radius 1 is 1.67 bits per heavy atom. The molecule has 0 aromatic rings. The number of rotatable bonds is 2. The molecule has 0 radical (unpaired) electrons. The second-order valence-electron chi connectivity index (χ2n) is 3.76. The van der Waals surface area contributed by atoms with E-state index >= 15 is 0 Å². The molecule has 3 heteroatoms. The van der Waals surface area contributed by atoms with Crippen molar-refractivity contribution in [3.8, 4) is 0 Å². The second kappa shape index (κ2) is 3.29. The number of nitrogens with zero attached hydrogens (tertiary/aromatic N) is 1. The molecule has 1 aliphatic heterocycles. The molecule has 0 bridgehead atoms. The highest BCUT2D eigenvalue weighted by atomic mass is 32.2. The van der Waals surface area contributed by atoms with Gasteiger partial charge in [-0.3, -0.25) is 4.99 Å². The molecule has 3 atom stereocenters. The van der Waals surface area contributed by atoms with Crippen molar-refractivity contribution in [1.82, 2.24) is 5.32 Å². The fourth-order valence-electron chi connectivity index (χ4n) is 1.39. The predicted octanol–water partition coefficient (Wildman–Crippen LogP) is 1.87. The highest BCUT2D eigenvalue weighted by Gasteiger charge is 2.34. The summed E-state index contributed by atoms with van der Waals surface area (Å²) in [7, 11) is 0. The van der Waals surface area contributed by atoms with Crippen LogP contribution in [-0.4, -0.2) is 23.0 Å². The number of amidine groups is 1. The van der Waals surface area contributed by atoms with Crippen LogP contribution in [0.1, 0.15) is 26.7 Å². The van der Waals surface area contributed by atoms with Gasteiger partial charge in [-0.25, -0.2) is 0 Å². The van der Waals surface area contributed by atoms with Gasteiger partial charge >= 0.3 is 0 Å². The Hall–Kier alpha value is -0.180. The topological polar surface area (TPSA) is 24.4 Å². The number of thioether (sulfide) groups is 1. The highest BCUT2D eigenvalue weighted by Crippen LogP contribution is 2.31. The van der Waals surface area contributed by atoms with Crippen molar-refractivity contribution < 1.29 is 0 Å². The van der Waals surface area contributed by atoms with Gasteiger partial charge in [0, 0.05) is 11.3 Å². The van der Waals surface area contributed by atoms with Gasteiger partial charge < -0.3 is 5.32 Å². The molecule has 0 aromatic heterocycles. The molecule has 1 N–H and O–H groups in total. The number of aliphatic imine (C=N–C) groups is 1. The first-order valence-electron chi connectivity index (χ1n) is 4.77. The quantitative estimate of drug-likeness (QED) is 0.708. The molecule has 1 fully saturated rings. The van der Waals surface area contributed by atoms with Crippen LogP contribution in [-0.2, 0) is 0 Å². The maximum Gasteiger partial charge on any atom is 0.157 e. The normalized spacial score (nSPS) is 39.5. The minimum atomic E-state index is 0.729. The molecular formula is C9H16N2S. The van der Waals surface area contributed by atoms with Gasteiger partial charge in [0.15, 0.2) is 5.17 Å². The van der Waals surface area contributed by atoms with Gasteiger partial charge in [0.25, 0.3) is 0 Å². The van der Waals surface area contributed by atoms with Crippen LogP contribution < -0.4 is 5.32 Å². The summed E-state index contributed by atoms with van der Waals surface area (Å²) in [6.07, 6.45) is 2.57. The van der Waals surface area contributed by atoms with Crippen molar-refractivity contribution in [2.45, 2.75) is 38.0 Å². The van der Waals surface area contributed by atoms with Crippen molar-refractivity contribution in [3.63, 3.8) is 0 Å². The Morgan fingerprint density at radius 3 is 2.92 bits per heavy atom. The summed E-state index contributed by atoms with van der Waals surface area (Å²) in [6, 6.07) is 0.729. The summed E-state index contributed by atoms with van der Waals surface area (Å²) < 4.78 is 0. The van der Waals surface area contributed by atoms with Crippen LogP contribution in [0.2, 0.25) is 0 Å². The monoisotopic (exact) mass is 184 g/mol. The molecule has 1 heterocycles. The SMILES string of the molecule is CCC1CN=C(NC2CC2C)S1. The number of hydrogen-bond acceptors (Lipinski definition) is 3. The summed E-state index contributed by atoms with van der Waals surface area (Å²) in [5.41, 5.74) is 0. The van der Waals surface area contributed by atoms with Crippen molar-refractivity contribution >= 4 is 16.9 Å². The van der Waals surface area contributed by atoms with E-state index in [4.69, 9.17) is 0 Å². The van der Waals surface area contributed by atoms with E-state index < -0.39 is 0 Å². The molecule has 1 saturated carbocycles. The minimum absolute atomic E-state index is 0.729. The summed E-state index contributed by atoms with van der Waals surface area (Å²) in [5.74, 6) is 0.869. The maximum atomic E-state index is 4.47. The molecule has 0 amide bonds. The molecule has 2 rings (SSSR count). The van der Waals surface area contributed by atoms with E-state index in [1.165, 1.54) is 18.0 Å². The van der Waals surface area contributed by atoms with Crippen molar-refractivity contribution in [1.29, 1.82) is 0 Å². The Bertz CT molecular complexity index is 203. The van der Waals surface area contributed by atoms with Gasteiger partial charge in [0.1, 0.15) is 0 Å². The van der Waals surface area contributed by atoms with Crippen LogP contribution in [0.5, 0.6) is 0 Å². The first-order chi connectivity index (χ1) is 5.79. The Kier molecular flexibility index (Phi) is 2.31. The highest BCUT2D eigenvalue weighted by molar-refractivity contribution is 8.14. The first-order valence-corrected chi connectivity index (χ1v) is 5.65. The van der Waals surface area contributed by atoms with Gasteiger partial charge in [-0.05, 0) is 18.8 Å². The standard InChI is InChI=1S/C9H16N2S/c1-3-7-5-10-9(12-7)11-8-4-6(8)2/h6-8H,3-5H2,1-2H3,(H,10,11). The molecular weight excluding hydrogens is 168 g/mol. The zero-order chi connectivity index (χ0) is 8.55. The van der Waals surface area contributed by atoms with E-state index in [1.807, 2.05) is 11.8 Å². The minimum Gasteiger partial charge on any atom is -0.362 e. The zero-order valence-corrected chi connectivity index (χ0v) is 8.53. The molecule has 0 aromatic carbocycles.